The number of amides is 1. The van der Waals surface area contributed by atoms with Crippen molar-refractivity contribution < 1.29 is 22.7 Å². The molecule has 1 amide bonds. The molecule has 0 bridgehead atoms. The molecular formula is C29H30ClF3N6O2. The molecule has 1 atom stereocenters. The highest BCUT2D eigenvalue weighted by Gasteiger charge is 2.52. The van der Waals surface area contributed by atoms with Crippen molar-refractivity contribution in [3.63, 3.8) is 0 Å². The van der Waals surface area contributed by atoms with Gasteiger partial charge in [0.1, 0.15) is 5.56 Å². The zero-order valence-corrected chi connectivity index (χ0v) is 23.3. The van der Waals surface area contributed by atoms with Crippen molar-refractivity contribution >= 4 is 23.2 Å². The van der Waals surface area contributed by atoms with Crippen LogP contribution in [0.15, 0.2) is 42.9 Å². The summed E-state index contributed by atoms with van der Waals surface area (Å²) >= 11 is 5.96. The molecular weight excluding hydrogens is 557 g/mol. The Hall–Kier alpha value is -3.44. The van der Waals surface area contributed by atoms with Crippen molar-refractivity contribution in [1.82, 2.24) is 25.2 Å². The molecule has 2 saturated heterocycles. The average Bonchev–Trinajstić information content (AvgIpc) is 3.50. The maximum atomic E-state index is 14.3. The van der Waals surface area contributed by atoms with E-state index >= 15 is 0 Å². The van der Waals surface area contributed by atoms with Crippen LogP contribution < -0.4 is 15.0 Å². The number of ether oxygens (including phenoxy) is 1. The summed E-state index contributed by atoms with van der Waals surface area (Å²) in [5.74, 6) is 0.509. The monoisotopic (exact) mass is 586 g/mol. The summed E-state index contributed by atoms with van der Waals surface area (Å²) in [6.45, 7) is 4.74. The van der Waals surface area contributed by atoms with E-state index in [9.17, 15) is 18.0 Å². The first-order chi connectivity index (χ1) is 19.7. The number of nitrogens with one attached hydrogen (secondary N) is 1. The maximum absolute atomic E-state index is 14.3. The van der Waals surface area contributed by atoms with E-state index in [0.717, 1.165) is 36.0 Å². The van der Waals surface area contributed by atoms with Crippen LogP contribution >= 0.6 is 11.6 Å². The number of aromatic nitrogens is 3. The normalized spacial score (nSPS) is 20.4. The first-order valence-electron chi connectivity index (χ1n) is 13.8. The lowest BCUT2D eigenvalue weighted by Gasteiger charge is -2.49. The minimum Gasteiger partial charge on any atom is -0.477 e. The van der Waals surface area contributed by atoms with E-state index in [1.54, 1.807) is 11.1 Å². The highest BCUT2D eigenvalue weighted by molar-refractivity contribution is 6.31. The highest BCUT2D eigenvalue weighted by Crippen LogP contribution is 2.47. The molecule has 6 rings (SSSR count). The van der Waals surface area contributed by atoms with Crippen molar-refractivity contribution in [2.45, 2.75) is 50.4 Å². The van der Waals surface area contributed by atoms with Crippen LogP contribution in [0, 0.1) is 0 Å². The molecule has 12 heteroatoms. The zero-order valence-electron chi connectivity index (χ0n) is 22.5. The van der Waals surface area contributed by atoms with Crippen molar-refractivity contribution in [3.05, 3.63) is 64.7 Å². The Balaban J connectivity index is 1.38. The van der Waals surface area contributed by atoms with Gasteiger partial charge in [-0.2, -0.15) is 13.2 Å². The third-order valence-electron chi connectivity index (χ3n) is 8.40. The largest absolute Gasteiger partial charge is 0.477 e. The van der Waals surface area contributed by atoms with Crippen LogP contribution in [-0.2, 0) is 22.9 Å². The molecule has 216 valence electrons. The third-order valence-corrected chi connectivity index (χ3v) is 8.69. The smallest absolute Gasteiger partial charge is 0.419 e. The van der Waals surface area contributed by atoms with Crippen molar-refractivity contribution in [1.29, 1.82) is 0 Å². The molecule has 6 heterocycles. The van der Waals surface area contributed by atoms with Gasteiger partial charge in [0.05, 0.1) is 52.4 Å². The Morgan fingerprint density at radius 2 is 2.00 bits per heavy atom. The summed E-state index contributed by atoms with van der Waals surface area (Å²) in [7, 11) is 0. The number of piperidine rings is 1. The number of hydrogen-bond donors (Lipinski definition) is 1. The lowest BCUT2D eigenvalue weighted by molar-refractivity contribution is -0.143. The van der Waals surface area contributed by atoms with E-state index < -0.39 is 22.2 Å². The van der Waals surface area contributed by atoms with Crippen LogP contribution in [-0.4, -0.2) is 64.6 Å². The standard InChI is InChI=1S/C29H30ClF3N6O2/c1-2-41-26-19(4-3-10-36-26)22-6-5-20-23(37-22)17-39(18-7-11-34-14-18)27(40)28(20)8-12-38(13-9-28)24-16-35-15-21(30)25(24)29(31,32)33/h3-6,10,15-16,18,34H,2,7-9,11-14,17H2,1H3. The second-order valence-electron chi connectivity index (χ2n) is 10.6. The van der Waals surface area contributed by atoms with E-state index in [0.29, 0.717) is 44.1 Å². The maximum Gasteiger partial charge on any atom is 0.419 e. The van der Waals surface area contributed by atoms with Gasteiger partial charge in [-0.25, -0.2) is 4.98 Å². The number of carbonyl (C=O) groups is 1. The second-order valence-corrected chi connectivity index (χ2v) is 11.0. The number of anilines is 1. The Morgan fingerprint density at radius 3 is 2.71 bits per heavy atom. The van der Waals surface area contributed by atoms with Crippen LogP contribution in [0.5, 0.6) is 5.88 Å². The number of rotatable bonds is 5. The van der Waals surface area contributed by atoms with Gasteiger partial charge >= 0.3 is 6.18 Å². The fraction of sp³-hybridized carbons (Fsp3) is 0.448. The Bertz CT molecular complexity index is 1450. The van der Waals surface area contributed by atoms with Gasteiger partial charge < -0.3 is 19.9 Å². The molecule has 41 heavy (non-hydrogen) atoms. The van der Waals surface area contributed by atoms with E-state index in [1.807, 2.05) is 36.1 Å². The van der Waals surface area contributed by atoms with Crippen molar-refractivity contribution in [3.8, 4) is 17.1 Å². The van der Waals surface area contributed by atoms with E-state index in [1.165, 1.54) is 6.20 Å². The van der Waals surface area contributed by atoms with Gasteiger partial charge in [0.15, 0.2) is 0 Å². The highest BCUT2D eigenvalue weighted by atomic mass is 35.5. The molecule has 0 aromatic carbocycles. The average molecular weight is 587 g/mol. The molecule has 8 nitrogen and oxygen atoms in total. The van der Waals surface area contributed by atoms with Gasteiger partial charge in [0.2, 0.25) is 11.8 Å². The summed E-state index contributed by atoms with van der Waals surface area (Å²) in [6.07, 6.45) is 0.783. The number of pyridine rings is 3. The SMILES string of the molecule is CCOc1ncccc1-c1ccc2c(n1)CN(C1CCNC1)C(=O)C21CCN(c2cncc(Cl)c2C(F)(F)F)CC1. The third kappa shape index (κ3) is 4.88. The molecule has 3 aliphatic rings. The molecule has 0 saturated carbocycles. The lowest BCUT2D eigenvalue weighted by Crippen LogP contribution is -2.58. The predicted octanol–water partition coefficient (Wildman–Crippen LogP) is 4.85. The summed E-state index contributed by atoms with van der Waals surface area (Å²) in [4.78, 5) is 31.2. The molecule has 1 unspecified atom stereocenters. The first kappa shape index (κ1) is 27.7. The minimum atomic E-state index is -4.63. The van der Waals surface area contributed by atoms with E-state index in [4.69, 9.17) is 21.3 Å². The van der Waals surface area contributed by atoms with Crippen LogP contribution in [0.1, 0.15) is 43.0 Å². The fourth-order valence-electron chi connectivity index (χ4n) is 6.43. The number of hydrogen-bond acceptors (Lipinski definition) is 7. The number of halogens is 4. The summed E-state index contributed by atoms with van der Waals surface area (Å²) in [5.41, 5.74) is 1.26. The predicted molar refractivity (Wildman–Crippen MR) is 148 cm³/mol. The Kier molecular flexibility index (Phi) is 7.27. The van der Waals surface area contributed by atoms with Crippen molar-refractivity contribution in [2.24, 2.45) is 0 Å². The van der Waals surface area contributed by atoms with Crippen LogP contribution in [0.2, 0.25) is 5.02 Å². The van der Waals surface area contributed by atoms with Gasteiger partial charge in [-0.05, 0) is 56.5 Å². The first-order valence-corrected chi connectivity index (χ1v) is 14.2. The molecule has 2 fully saturated rings. The molecule has 1 N–H and O–H groups in total. The molecule has 3 aromatic rings. The Labute approximate surface area is 240 Å². The minimum absolute atomic E-state index is 0.0181. The van der Waals surface area contributed by atoms with Gasteiger partial charge in [-0.1, -0.05) is 17.7 Å². The lowest BCUT2D eigenvalue weighted by atomic mass is 9.68. The molecule has 0 radical (unpaired) electrons. The molecule has 0 aliphatic carbocycles. The number of alkyl halides is 3. The van der Waals surface area contributed by atoms with E-state index in [2.05, 4.69) is 15.3 Å². The quantitative estimate of drug-likeness (QED) is 0.457. The van der Waals surface area contributed by atoms with Gasteiger partial charge in [-0.15, -0.1) is 0 Å². The van der Waals surface area contributed by atoms with E-state index in [-0.39, 0.29) is 30.7 Å². The summed E-state index contributed by atoms with van der Waals surface area (Å²) in [5, 5.41) is 2.91. The van der Waals surface area contributed by atoms with Gasteiger partial charge in [0.25, 0.3) is 0 Å². The molecule has 3 aromatic heterocycles. The Morgan fingerprint density at radius 1 is 1.20 bits per heavy atom. The van der Waals surface area contributed by atoms with Crippen LogP contribution in [0.4, 0.5) is 18.9 Å². The second kappa shape index (κ2) is 10.8. The van der Waals surface area contributed by atoms with Crippen LogP contribution in [0.3, 0.4) is 0 Å². The van der Waals surface area contributed by atoms with Gasteiger partial charge in [0, 0.05) is 38.1 Å². The molecule has 1 spiro atoms. The number of carbonyl (C=O) groups excluding carboxylic acids is 1. The molecule has 3 aliphatic heterocycles. The summed E-state index contributed by atoms with van der Waals surface area (Å²) < 4.78 is 47.5. The van der Waals surface area contributed by atoms with Crippen LogP contribution in [0.25, 0.3) is 11.3 Å². The number of fused-ring (bicyclic) bond motifs is 2. The topological polar surface area (TPSA) is 83.5 Å². The zero-order chi connectivity index (χ0) is 28.8. The van der Waals surface area contributed by atoms with Gasteiger partial charge in [-0.3, -0.25) is 14.8 Å². The summed E-state index contributed by atoms with van der Waals surface area (Å²) in [6, 6.07) is 7.61. The fourth-order valence-corrected chi connectivity index (χ4v) is 6.69. The number of nitrogens with zero attached hydrogens (tertiary/aromatic N) is 5. The van der Waals surface area contributed by atoms with Crippen molar-refractivity contribution in [2.75, 3.05) is 37.7 Å².